The Morgan fingerprint density at radius 1 is 1.30 bits per heavy atom. The lowest BCUT2D eigenvalue weighted by molar-refractivity contribution is -0.161. The van der Waals surface area contributed by atoms with E-state index in [9.17, 15) is 24.0 Å². The van der Waals surface area contributed by atoms with E-state index in [1.54, 1.807) is 25.7 Å². The summed E-state index contributed by atoms with van der Waals surface area (Å²) in [6.45, 7) is 5.55. The third-order valence-corrected chi connectivity index (χ3v) is 5.58. The molecule has 176 valence electrons. The number of aromatic nitrogens is 2. The van der Waals surface area contributed by atoms with Crippen LogP contribution in [-0.2, 0) is 23.1 Å². The molecule has 0 saturated carbocycles. The molecule has 33 heavy (non-hydrogen) atoms. The van der Waals surface area contributed by atoms with Crippen LogP contribution in [0.3, 0.4) is 0 Å². The third kappa shape index (κ3) is 5.14. The van der Waals surface area contributed by atoms with Gasteiger partial charge in [-0.3, -0.25) is 18.7 Å². The minimum absolute atomic E-state index is 0.150. The van der Waals surface area contributed by atoms with Crippen LogP contribution in [0.25, 0.3) is 0 Å². The minimum Gasteiger partial charge on any atom is -0.460 e. The number of rotatable bonds is 4. The lowest BCUT2D eigenvalue weighted by Crippen LogP contribution is -2.56. The van der Waals surface area contributed by atoms with Gasteiger partial charge in [0.15, 0.2) is 0 Å². The summed E-state index contributed by atoms with van der Waals surface area (Å²) >= 11 is 0. The molecule has 2 N–H and O–H groups in total. The van der Waals surface area contributed by atoms with Crippen LogP contribution in [0.2, 0.25) is 0 Å². The molecule has 0 aliphatic carbocycles. The minimum atomic E-state index is -0.839. The molecule has 0 bridgehead atoms. The van der Waals surface area contributed by atoms with Gasteiger partial charge in [-0.25, -0.2) is 9.18 Å². The molecule has 3 rings (SSSR count). The zero-order chi connectivity index (χ0) is 24.5. The number of carbonyl (C=O) groups is 1. The van der Waals surface area contributed by atoms with E-state index in [1.165, 1.54) is 35.9 Å². The number of piperidine rings is 1. The van der Waals surface area contributed by atoms with E-state index in [1.807, 2.05) is 6.07 Å². The van der Waals surface area contributed by atoms with E-state index in [4.69, 9.17) is 10.5 Å². The molecule has 9 nitrogen and oxygen atoms in total. The molecule has 0 radical (unpaired) electrons. The molecular weight excluding hydrogens is 429 g/mol. The number of nitrogens with two attached hydrogens (primary N) is 1. The Kier molecular flexibility index (Phi) is 6.74. The van der Waals surface area contributed by atoms with Crippen LogP contribution in [0.4, 0.5) is 10.2 Å². The maximum absolute atomic E-state index is 13.9. The van der Waals surface area contributed by atoms with Crippen molar-refractivity contribution in [1.29, 1.82) is 5.26 Å². The van der Waals surface area contributed by atoms with Gasteiger partial charge in [-0.1, -0.05) is 0 Å². The van der Waals surface area contributed by atoms with Gasteiger partial charge in [0.2, 0.25) is 0 Å². The molecule has 1 fully saturated rings. The maximum Gasteiger partial charge on any atom is 0.332 e. The van der Waals surface area contributed by atoms with Crippen molar-refractivity contribution in [3.8, 4) is 6.07 Å². The number of hydrogen-bond acceptors (Lipinski definition) is 7. The Morgan fingerprint density at radius 2 is 2.00 bits per heavy atom. The highest BCUT2D eigenvalue weighted by atomic mass is 19.1. The quantitative estimate of drug-likeness (QED) is 0.689. The van der Waals surface area contributed by atoms with Gasteiger partial charge in [0, 0.05) is 19.7 Å². The summed E-state index contributed by atoms with van der Waals surface area (Å²) < 4.78 is 21.6. The van der Waals surface area contributed by atoms with E-state index in [-0.39, 0.29) is 23.5 Å². The van der Waals surface area contributed by atoms with E-state index < -0.39 is 40.7 Å². The fraction of sp³-hybridized carbons (Fsp3) is 0.478. The number of esters is 1. The standard InChI is InChI=1S/C23H28FN5O4/c1-23(2,3)33-21(31)17-6-5-9-28(20(17)26)18-11-19(30)27(4)22(32)29(18)13-15-10-16(24)8-7-14(15)12-25/h7-8,10-11,17,20H,5-6,9,13,26H2,1-4H3/t17-,20?/m1/s1. The molecule has 0 amide bonds. The Balaban J connectivity index is 2.07. The van der Waals surface area contributed by atoms with Gasteiger partial charge >= 0.3 is 11.7 Å². The first kappa shape index (κ1) is 24.2. The van der Waals surface area contributed by atoms with Crippen molar-refractivity contribution in [3.63, 3.8) is 0 Å². The van der Waals surface area contributed by atoms with E-state index in [0.717, 1.165) is 4.57 Å². The Morgan fingerprint density at radius 3 is 2.64 bits per heavy atom. The molecule has 2 aromatic rings. The summed E-state index contributed by atoms with van der Waals surface area (Å²) in [5.74, 6) is -1.45. The fourth-order valence-corrected chi connectivity index (χ4v) is 3.94. The van der Waals surface area contributed by atoms with Crippen molar-refractivity contribution < 1.29 is 13.9 Å². The van der Waals surface area contributed by atoms with Gasteiger partial charge in [-0.15, -0.1) is 0 Å². The maximum atomic E-state index is 13.9. The SMILES string of the molecule is Cn1c(=O)cc(N2CCC[C@@H](C(=O)OC(C)(C)C)C2N)n(Cc2cc(F)ccc2C#N)c1=O. The smallest absolute Gasteiger partial charge is 0.332 e. The normalized spacial score (nSPS) is 18.6. The number of nitrogens with zero attached hydrogens (tertiary/aromatic N) is 4. The average molecular weight is 458 g/mol. The predicted octanol–water partition coefficient (Wildman–Crippen LogP) is 1.45. The number of halogens is 1. The first-order chi connectivity index (χ1) is 15.4. The zero-order valence-electron chi connectivity index (χ0n) is 19.2. The van der Waals surface area contributed by atoms with Crippen LogP contribution in [-0.4, -0.2) is 33.4 Å². The molecule has 2 heterocycles. The lowest BCUT2D eigenvalue weighted by atomic mass is 9.94. The van der Waals surface area contributed by atoms with E-state index >= 15 is 0 Å². The summed E-state index contributed by atoms with van der Waals surface area (Å²) in [5, 5.41) is 9.41. The molecule has 10 heteroatoms. The second-order valence-corrected chi connectivity index (χ2v) is 9.15. The largest absolute Gasteiger partial charge is 0.460 e. The summed E-state index contributed by atoms with van der Waals surface area (Å²) in [5.41, 5.74) is 5.07. The van der Waals surface area contributed by atoms with E-state index in [0.29, 0.717) is 19.4 Å². The Hall–Kier alpha value is -3.45. The molecular formula is C23H28FN5O4. The van der Waals surface area contributed by atoms with Crippen LogP contribution >= 0.6 is 0 Å². The number of ether oxygens (including phenoxy) is 1. The van der Waals surface area contributed by atoms with E-state index in [2.05, 4.69) is 0 Å². The number of nitriles is 1. The van der Waals surface area contributed by atoms with Crippen LogP contribution in [0.5, 0.6) is 0 Å². The van der Waals surface area contributed by atoms with Gasteiger partial charge in [0.25, 0.3) is 5.56 Å². The summed E-state index contributed by atoms with van der Waals surface area (Å²) in [6.07, 6.45) is 0.253. The molecule has 0 spiro atoms. The van der Waals surface area contributed by atoms with Gasteiger partial charge < -0.3 is 15.4 Å². The summed E-state index contributed by atoms with van der Waals surface area (Å²) in [7, 11) is 1.33. The van der Waals surface area contributed by atoms with Crippen molar-refractivity contribution in [1.82, 2.24) is 9.13 Å². The highest BCUT2D eigenvalue weighted by Gasteiger charge is 2.37. The van der Waals surface area contributed by atoms with Gasteiger partial charge in [-0.05, 0) is 57.4 Å². The first-order valence-electron chi connectivity index (χ1n) is 10.7. The lowest BCUT2D eigenvalue weighted by Gasteiger charge is -2.40. The molecule has 1 aromatic heterocycles. The molecule has 1 aliphatic rings. The van der Waals surface area contributed by atoms with Crippen molar-refractivity contribution in [3.05, 3.63) is 62.0 Å². The fourth-order valence-electron chi connectivity index (χ4n) is 3.94. The predicted molar refractivity (Wildman–Crippen MR) is 120 cm³/mol. The highest BCUT2D eigenvalue weighted by molar-refractivity contribution is 5.74. The van der Waals surface area contributed by atoms with Crippen LogP contribution < -0.4 is 21.9 Å². The van der Waals surface area contributed by atoms with Gasteiger partial charge in [-0.2, -0.15) is 5.26 Å². The zero-order valence-corrected chi connectivity index (χ0v) is 19.2. The molecule has 1 aromatic carbocycles. The monoisotopic (exact) mass is 457 g/mol. The number of hydrogen-bond donors (Lipinski definition) is 1. The van der Waals surface area contributed by atoms with Crippen LogP contribution in [0.15, 0.2) is 33.9 Å². The summed E-state index contributed by atoms with van der Waals surface area (Å²) in [4.78, 5) is 39.9. The van der Waals surface area contributed by atoms with Crippen molar-refractivity contribution >= 4 is 11.8 Å². The molecule has 1 saturated heterocycles. The molecule has 1 aliphatic heterocycles. The van der Waals surface area contributed by atoms with Crippen molar-refractivity contribution in [2.24, 2.45) is 18.7 Å². The molecule has 1 unspecified atom stereocenters. The highest BCUT2D eigenvalue weighted by Crippen LogP contribution is 2.28. The molecule has 2 atom stereocenters. The van der Waals surface area contributed by atoms with Crippen LogP contribution in [0.1, 0.15) is 44.7 Å². The Bertz CT molecular complexity index is 1220. The first-order valence-corrected chi connectivity index (χ1v) is 10.7. The van der Waals surface area contributed by atoms with Crippen molar-refractivity contribution in [2.75, 3.05) is 11.4 Å². The van der Waals surface area contributed by atoms with Crippen molar-refractivity contribution in [2.45, 2.75) is 51.9 Å². The second kappa shape index (κ2) is 9.19. The van der Waals surface area contributed by atoms with Gasteiger partial charge in [0.1, 0.15) is 17.2 Å². The average Bonchev–Trinajstić information content (AvgIpc) is 2.73. The van der Waals surface area contributed by atoms with Gasteiger partial charge in [0.05, 0.1) is 30.3 Å². The summed E-state index contributed by atoms with van der Waals surface area (Å²) in [6, 6.07) is 6.94. The topological polar surface area (TPSA) is 123 Å². The Labute approximate surface area is 190 Å². The third-order valence-electron chi connectivity index (χ3n) is 5.58. The number of carbonyl (C=O) groups excluding carboxylic acids is 1. The second-order valence-electron chi connectivity index (χ2n) is 9.15. The number of anilines is 1. The van der Waals surface area contributed by atoms with Crippen LogP contribution in [0, 0.1) is 23.1 Å². The number of benzene rings is 1.